The summed E-state index contributed by atoms with van der Waals surface area (Å²) in [6, 6.07) is 4.43. The Morgan fingerprint density at radius 1 is 1.48 bits per heavy atom. The first kappa shape index (κ1) is 16.1. The molecule has 1 unspecified atom stereocenters. The highest BCUT2D eigenvalue weighted by Gasteiger charge is 2.29. The molecule has 1 aromatic heterocycles. The van der Waals surface area contributed by atoms with E-state index in [1.165, 1.54) is 11.3 Å². The Bertz CT molecular complexity index is 473. The highest BCUT2D eigenvalue weighted by Crippen LogP contribution is 2.23. The van der Waals surface area contributed by atoms with Crippen molar-refractivity contribution in [1.29, 1.82) is 0 Å². The minimum Gasteiger partial charge on any atom is -0.444 e. The molecule has 0 aromatic carbocycles. The predicted molar refractivity (Wildman–Crippen MR) is 88.5 cm³/mol. The number of nitrogens with zero attached hydrogens (tertiary/aromatic N) is 1. The lowest BCUT2D eigenvalue weighted by molar-refractivity contribution is 0.0103. The Morgan fingerprint density at radius 2 is 2.29 bits per heavy atom. The normalized spacial score (nSPS) is 20.0. The molecule has 21 heavy (non-hydrogen) atoms. The monoisotopic (exact) mass is 307 g/mol. The van der Waals surface area contributed by atoms with Crippen LogP contribution >= 0.6 is 11.3 Å². The standard InChI is InChI=1S/C17H25NO2S/c1-17(2,3)20-16(19)18-12-5-4-8-14(18)9-6-10-15-11-7-13-21-15/h6-7,10-11,13-14H,4-5,8-9,12H2,1-3H3/b10-6+. The van der Waals surface area contributed by atoms with Crippen LogP contribution in [0.1, 0.15) is 51.3 Å². The van der Waals surface area contributed by atoms with Gasteiger partial charge in [-0.3, -0.25) is 0 Å². The predicted octanol–water partition coefficient (Wildman–Crippen LogP) is 4.94. The molecule has 0 N–H and O–H groups in total. The summed E-state index contributed by atoms with van der Waals surface area (Å²) in [5.74, 6) is 0. The van der Waals surface area contributed by atoms with Crippen LogP contribution in [0.5, 0.6) is 0 Å². The quantitative estimate of drug-likeness (QED) is 0.791. The average Bonchev–Trinajstić information content (AvgIpc) is 2.90. The summed E-state index contributed by atoms with van der Waals surface area (Å²) in [6.45, 7) is 6.56. The number of amides is 1. The molecular formula is C17H25NO2S. The lowest BCUT2D eigenvalue weighted by Crippen LogP contribution is -2.45. The third-order valence-electron chi connectivity index (χ3n) is 3.49. The largest absolute Gasteiger partial charge is 0.444 e. The lowest BCUT2D eigenvalue weighted by atomic mass is 9.99. The van der Waals surface area contributed by atoms with E-state index in [2.05, 4.69) is 29.7 Å². The van der Waals surface area contributed by atoms with Crippen molar-refractivity contribution in [2.45, 2.75) is 58.1 Å². The number of likely N-dealkylation sites (tertiary alicyclic amines) is 1. The van der Waals surface area contributed by atoms with E-state index in [0.29, 0.717) is 0 Å². The van der Waals surface area contributed by atoms with Crippen LogP contribution in [0.15, 0.2) is 23.6 Å². The van der Waals surface area contributed by atoms with Gasteiger partial charge in [-0.05, 0) is 64.0 Å². The van der Waals surface area contributed by atoms with E-state index in [-0.39, 0.29) is 12.1 Å². The van der Waals surface area contributed by atoms with Gasteiger partial charge in [0.15, 0.2) is 0 Å². The molecule has 116 valence electrons. The Labute approximate surface area is 131 Å². The number of hydrogen-bond donors (Lipinski definition) is 0. The second-order valence-electron chi connectivity index (χ2n) is 6.48. The van der Waals surface area contributed by atoms with E-state index in [9.17, 15) is 4.79 Å². The molecule has 1 aliphatic heterocycles. The van der Waals surface area contributed by atoms with Gasteiger partial charge in [0.25, 0.3) is 0 Å². The topological polar surface area (TPSA) is 29.5 Å². The van der Waals surface area contributed by atoms with Crippen LogP contribution in [0.3, 0.4) is 0 Å². The van der Waals surface area contributed by atoms with Gasteiger partial charge < -0.3 is 9.64 Å². The van der Waals surface area contributed by atoms with Crippen LogP contribution in [-0.4, -0.2) is 29.2 Å². The maximum Gasteiger partial charge on any atom is 0.410 e. The minimum absolute atomic E-state index is 0.170. The molecule has 0 bridgehead atoms. The molecule has 4 heteroatoms. The molecule has 3 nitrogen and oxygen atoms in total. The van der Waals surface area contributed by atoms with Crippen LogP contribution < -0.4 is 0 Å². The summed E-state index contributed by atoms with van der Waals surface area (Å²) >= 11 is 1.73. The van der Waals surface area contributed by atoms with Crippen LogP contribution in [0.2, 0.25) is 0 Å². The number of thiophene rings is 1. The minimum atomic E-state index is -0.425. The van der Waals surface area contributed by atoms with Gasteiger partial charge in [-0.15, -0.1) is 11.3 Å². The molecule has 1 saturated heterocycles. The van der Waals surface area contributed by atoms with Crippen LogP contribution in [0.4, 0.5) is 4.79 Å². The maximum absolute atomic E-state index is 12.3. The number of rotatable bonds is 3. The summed E-state index contributed by atoms with van der Waals surface area (Å²) in [7, 11) is 0. The van der Waals surface area contributed by atoms with E-state index in [0.717, 1.165) is 25.8 Å². The van der Waals surface area contributed by atoms with Crippen molar-refractivity contribution in [2.24, 2.45) is 0 Å². The Morgan fingerprint density at radius 3 is 2.95 bits per heavy atom. The molecule has 2 rings (SSSR count). The Balaban J connectivity index is 1.93. The van der Waals surface area contributed by atoms with Crippen molar-refractivity contribution in [3.8, 4) is 0 Å². The van der Waals surface area contributed by atoms with Gasteiger partial charge in [0.05, 0.1) is 0 Å². The fourth-order valence-corrected chi connectivity index (χ4v) is 3.18. The average molecular weight is 307 g/mol. The smallest absolute Gasteiger partial charge is 0.410 e. The van der Waals surface area contributed by atoms with E-state index >= 15 is 0 Å². The highest BCUT2D eigenvalue weighted by molar-refractivity contribution is 7.10. The molecule has 1 amide bonds. The zero-order valence-corrected chi connectivity index (χ0v) is 14.0. The summed E-state index contributed by atoms with van der Waals surface area (Å²) in [6.07, 6.45) is 8.38. The second-order valence-corrected chi connectivity index (χ2v) is 7.46. The Hall–Kier alpha value is -1.29. The maximum atomic E-state index is 12.3. The van der Waals surface area contributed by atoms with E-state index in [1.807, 2.05) is 25.7 Å². The van der Waals surface area contributed by atoms with Gasteiger partial charge in [-0.2, -0.15) is 0 Å². The van der Waals surface area contributed by atoms with Gasteiger partial charge in [0, 0.05) is 17.5 Å². The summed E-state index contributed by atoms with van der Waals surface area (Å²) in [5, 5.41) is 2.08. The molecule has 0 radical (unpaired) electrons. The molecule has 1 fully saturated rings. The van der Waals surface area contributed by atoms with Crippen LogP contribution in [0.25, 0.3) is 6.08 Å². The lowest BCUT2D eigenvalue weighted by Gasteiger charge is -2.36. The number of hydrogen-bond acceptors (Lipinski definition) is 3. The fraction of sp³-hybridized carbons (Fsp3) is 0.588. The number of carbonyl (C=O) groups is 1. The van der Waals surface area contributed by atoms with Crippen molar-refractivity contribution < 1.29 is 9.53 Å². The number of ether oxygens (including phenoxy) is 1. The second kappa shape index (κ2) is 7.12. The molecule has 0 saturated carbocycles. The molecule has 1 aliphatic rings. The van der Waals surface area contributed by atoms with Gasteiger partial charge in [0.2, 0.25) is 0 Å². The molecule has 1 aromatic rings. The molecular weight excluding hydrogens is 282 g/mol. The molecule has 0 aliphatic carbocycles. The van der Waals surface area contributed by atoms with Crippen molar-refractivity contribution in [2.75, 3.05) is 6.54 Å². The fourth-order valence-electron chi connectivity index (χ4n) is 2.53. The van der Waals surface area contributed by atoms with Crippen LogP contribution in [0, 0.1) is 0 Å². The first-order chi connectivity index (χ1) is 9.96. The van der Waals surface area contributed by atoms with E-state index < -0.39 is 5.60 Å². The van der Waals surface area contributed by atoms with Crippen molar-refractivity contribution in [3.63, 3.8) is 0 Å². The summed E-state index contributed by atoms with van der Waals surface area (Å²) in [5.41, 5.74) is -0.425. The third kappa shape index (κ3) is 5.20. The first-order valence-electron chi connectivity index (χ1n) is 7.65. The molecule has 0 spiro atoms. The highest BCUT2D eigenvalue weighted by atomic mass is 32.1. The van der Waals surface area contributed by atoms with Gasteiger partial charge in [-0.1, -0.05) is 12.1 Å². The van der Waals surface area contributed by atoms with Gasteiger partial charge in [-0.25, -0.2) is 4.79 Å². The third-order valence-corrected chi connectivity index (χ3v) is 4.33. The number of carbonyl (C=O) groups excluding carboxylic acids is 1. The molecule has 2 heterocycles. The van der Waals surface area contributed by atoms with Crippen LogP contribution in [-0.2, 0) is 4.74 Å². The zero-order chi connectivity index (χ0) is 15.3. The number of piperidine rings is 1. The van der Waals surface area contributed by atoms with Crippen molar-refractivity contribution >= 4 is 23.5 Å². The molecule has 1 atom stereocenters. The summed E-state index contributed by atoms with van der Waals surface area (Å²) in [4.78, 5) is 15.5. The van der Waals surface area contributed by atoms with E-state index in [1.54, 1.807) is 11.3 Å². The zero-order valence-electron chi connectivity index (χ0n) is 13.2. The van der Waals surface area contributed by atoms with E-state index in [4.69, 9.17) is 4.74 Å². The van der Waals surface area contributed by atoms with Gasteiger partial charge >= 0.3 is 6.09 Å². The summed E-state index contributed by atoms with van der Waals surface area (Å²) < 4.78 is 5.52. The Kier molecular flexibility index (Phi) is 5.45. The van der Waals surface area contributed by atoms with Gasteiger partial charge in [0.1, 0.15) is 5.60 Å². The SMILES string of the molecule is CC(C)(C)OC(=O)N1CCCCC1C/C=C/c1cccs1. The van der Waals surface area contributed by atoms with Crippen molar-refractivity contribution in [3.05, 3.63) is 28.5 Å². The first-order valence-corrected chi connectivity index (χ1v) is 8.53. The van der Waals surface area contributed by atoms with Crippen molar-refractivity contribution in [1.82, 2.24) is 4.90 Å².